The lowest BCUT2D eigenvalue weighted by Crippen LogP contribution is -2.37. The molecule has 10 heteroatoms. The van der Waals surface area contributed by atoms with Crippen LogP contribution in [0.3, 0.4) is 0 Å². The SMILES string of the molecule is COc1cc(OC)c(OC)cc1CNC(=O)CN(Cc1ccc(OC(F)F)c(OC)c1)C1CC1. The highest BCUT2D eigenvalue weighted by molar-refractivity contribution is 5.78. The number of halogens is 2. The summed E-state index contributed by atoms with van der Waals surface area (Å²) in [6.07, 6.45) is 2.00. The van der Waals surface area contributed by atoms with E-state index >= 15 is 0 Å². The van der Waals surface area contributed by atoms with E-state index < -0.39 is 6.61 Å². The Morgan fingerprint density at radius 2 is 1.56 bits per heavy atom. The number of amides is 1. The largest absolute Gasteiger partial charge is 0.496 e. The van der Waals surface area contributed by atoms with Crippen LogP contribution < -0.4 is 29.0 Å². The molecule has 1 amide bonds. The summed E-state index contributed by atoms with van der Waals surface area (Å²) in [7, 11) is 6.03. The van der Waals surface area contributed by atoms with E-state index in [2.05, 4.69) is 15.0 Å². The van der Waals surface area contributed by atoms with Crippen LogP contribution in [0.15, 0.2) is 30.3 Å². The van der Waals surface area contributed by atoms with Crippen LogP contribution in [0.4, 0.5) is 8.78 Å². The minimum Gasteiger partial charge on any atom is -0.496 e. The molecule has 0 radical (unpaired) electrons. The molecule has 1 N–H and O–H groups in total. The van der Waals surface area contributed by atoms with Gasteiger partial charge in [-0.05, 0) is 36.6 Å². The number of hydrogen-bond acceptors (Lipinski definition) is 7. The Hall–Kier alpha value is -3.27. The molecule has 0 atom stereocenters. The van der Waals surface area contributed by atoms with E-state index in [9.17, 15) is 13.6 Å². The second-order valence-corrected chi connectivity index (χ2v) is 7.80. The smallest absolute Gasteiger partial charge is 0.387 e. The third-order valence-electron chi connectivity index (χ3n) is 5.50. The Kier molecular flexibility index (Phi) is 8.75. The quantitative estimate of drug-likeness (QED) is 0.469. The summed E-state index contributed by atoms with van der Waals surface area (Å²) in [6, 6.07) is 8.58. The molecular weight excluding hydrogens is 450 g/mol. The van der Waals surface area contributed by atoms with Gasteiger partial charge in [0.25, 0.3) is 0 Å². The first-order chi connectivity index (χ1) is 16.4. The van der Waals surface area contributed by atoms with Crippen LogP contribution in [0.2, 0.25) is 0 Å². The number of alkyl halides is 2. The molecule has 8 nitrogen and oxygen atoms in total. The maximum Gasteiger partial charge on any atom is 0.387 e. The van der Waals surface area contributed by atoms with E-state index in [0.29, 0.717) is 29.8 Å². The van der Waals surface area contributed by atoms with E-state index in [0.717, 1.165) is 24.0 Å². The highest BCUT2D eigenvalue weighted by atomic mass is 19.3. The third kappa shape index (κ3) is 6.63. The van der Waals surface area contributed by atoms with Crippen molar-refractivity contribution in [2.45, 2.75) is 38.6 Å². The molecule has 0 bridgehead atoms. The van der Waals surface area contributed by atoms with Crippen molar-refractivity contribution in [2.24, 2.45) is 0 Å². The van der Waals surface area contributed by atoms with Crippen LogP contribution >= 0.6 is 0 Å². The van der Waals surface area contributed by atoms with Gasteiger partial charge in [0.2, 0.25) is 5.91 Å². The van der Waals surface area contributed by atoms with Gasteiger partial charge in [-0.15, -0.1) is 0 Å². The second kappa shape index (κ2) is 11.7. The average Bonchev–Trinajstić information content (AvgIpc) is 3.67. The summed E-state index contributed by atoms with van der Waals surface area (Å²) in [4.78, 5) is 14.8. The van der Waals surface area contributed by atoms with Gasteiger partial charge in [-0.2, -0.15) is 8.78 Å². The lowest BCUT2D eigenvalue weighted by molar-refractivity contribution is -0.122. The van der Waals surface area contributed by atoms with E-state index in [1.54, 1.807) is 45.6 Å². The van der Waals surface area contributed by atoms with Crippen molar-refractivity contribution >= 4 is 5.91 Å². The molecule has 1 aliphatic rings. The predicted molar refractivity (Wildman–Crippen MR) is 121 cm³/mol. The Balaban J connectivity index is 1.64. The van der Waals surface area contributed by atoms with Gasteiger partial charge in [0.1, 0.15) is 5.75 Å². The predicted octanol–water partition coefficient (Wildman–Crippen LogP) is 3.60. The summed E-state index contributed by atoms with van der Waals surface area (Å²) >= 11 is 0. The minimum absolute atomic E-state index is 0.0270. The molecule has 2 aromatic carbocycles. The first-order valence-corrected chi connectivity index (χ1v) is 10.8. The number of ether oxygens (including phenoxy) is 5. The summed E-state index contributed by atoms with van der Waals surface area (Å²) in [5.74, 6) is 1.71. The minimum atomic E-state index is -2.93. The zero-order valence-electron chi connectivity index (χ0n) is 19.7. The highest BCUT2D eigenvalue weighted by Gasteiger charge is 2.30. The Morgan fingerprint density at radius 3 is 2.15 bits per heavy atom. The van der Waals surface area contributed by atoms with Gasteiger partial charge in [0.15, 0.2) is 23.0 Å². The fraction of sp³-hybridized carbons (Fsp3) is 0.458. The first kappa shape index (κ1) is 25.4. The van der Waals surface area contributed by atoms with Crippen molar-refractivity contribution in [3.63, 3.8) is 0 Å². The second-order valence-electron chi connectivity index (χ2n) is 7.80. The maximum absolute atomic E-state index is 12.7. The number of carbonyl (C=O) groups excluding carboxylic acids is 1. The van der Waals surface area contributed by atoms with Crippen molar-refractivity contribution in [1.29, 1.82) is 0 Å². The molecule has 1 saturated carbocycles. The van der Waals surface area contributed by atoms with Crippen LogP contribution in [0, 0.1) is 0 Å². The number of hydrogen-bond donors (Lipinski definition) is 1. The summed E-state index contributed by atoms with van der Waals surface area (Å²) in [6.45, 7) is -2.01. The number of carbonyl (C=O) groups is 1. The number of nitrogens with zero attached hydrogens (tertiary/aromatic N) is 1. The van der Waals surface area contributed by atoms with Gasteiger partial charge in [-0.1, -0.05) is 6.07 Å². The van der Waals surface area contributed by atoms with Gasteiger partial charge in [0, 0.05) is 30.8 Å². The van der Waals surface area contributed by atoms with Crippen LogP contribution in [0.1, 0.15) is 24.0 Å². The van der Waals surface area contributed by atoms with Crippen molar-refractivity contribution in [3.8, 4) is 28.7 Å². The van der Waals surface area contributed by atoms with E-state index in [1.165, 1.54) is 13.2 Å². The average molecular weight is 481 g/mol. The van der Waals surface area contributed by atoms with Gasteiger partial charge in [-0.3, -0.25) is 9.69 Å². The van der Waals surface area contributed by atoms with Crippen LogP contribution in [0.25, 0.3) is 0 Å². The van der Waals surface area contributed by atoms with Crippen LogP contribution in [-0.2, 0) is 17.9 Å². The lowest BCUT2D eigenvalue weighted by atomic mass is 10.1. The summed E-state index contributed by atoms with van der Waals surface area (Å²) in [5, 5.41) is 2.93. The van der Waals surface area contributed by atoms with E-state index in [-0.39, 0.29) is 30.5 Å². The maximum atomic E-state index is 12.7. The fourth-order valence-electron chi connectivity index (χ4n) is 3.66. The van der Waals surface area contributed by atoms with E-state index in [4.69, 9.17) is 18.9 Å². The molecule has 2 aromatic rings. The standard InChI is InChI=1S/C24H30F2N2O6/c1-30-19-11-22(33-4)21(32-3)10-16(19)12-27-23(29)14-28(17-6-7-17)13-15-5-8-18(34-24(25)26)20(9-15)31-2/h5,8-11,17,24H,6-7,12-14H2,1-4H3,(H,27,29). The fourth-order valence-corrected chi connectivity index (χ4v) is 3.66. The lowest BCUT2D eigenvalue weighted by Gasteiger charge is -2.22. The summed E-state index contributed by atoms with van der Waals surface area (Å²) in [5.41, 5.74) is 1.59. The molecule has 0 spiro atoms. The molecule has 0 saturated heterocycles. The van der Waals surface area contributed by atoms with Crippen molar-refractivity contribution < 1.29 is 37.3 Å². The molecule has 0 aromatic heterocycles. The first-order valence-electron chi connectivity index (χ1n) is 10.8. The Bertz CT molecular complexity index is 984. The third-order valence-corrected chi connectivity index (χ3v) is 5.50. The molecule has 34 heavy (non-hydrogen) atoms. The zero-order valence-corrected chi connectivity index (χ0v) is 19.7. The van der Waals surface area contributed by atoms with Crippen LogP contribution in [0.5, 0.6) is 28.7 Å². The Morgan fingerprint density at radius 1 is 0.941 bits per heavy atom. The highest BCUT2D eigenvalue weighted by Crippen LogP contribution is 2.35. The normalized spacial score (nSPS) is 13.1. The summed E-state index contributed by atoms with van der Waals surface area (Å²) < 4.78 is 50.9. The number of nitrogens with one attached hydrogen (secondary N) is 1. The van der Waals surface area contributed by atoms with Gasteiger partial charge in [0.05, 0.1) is 35.0 Å². The molecule has 0 heterocycles. The Labute approximate surface area is 197 Å². The van der Waals surface area contributed by atoms with Gasteiger partial charge in [-0.25, -0.2) is 0 Å². The van der Waals surface area contributed by atoms with Crippen molar-refractivity contribution in [1.82, 2.24) is 10.2 Å². The van der Waals surface area contributed by atoms with Gasteiger partial charge >= 0.3 is 6.61 Å². The van der Waals surface area contributed by atoms with Crippen molar-refractivity contribution in [2.75, 3.05) is 35.0 Å². The molecule has 0 unspecified atom stereocenters. The topological polar surface area (TPSA) is 78.5 Å². The number of benzene rings is 2. The molecular formula is C24H30F2N2O6. The molecule has 0 aliphatic heterocycles. The van der Waals surface area contributed by atoms with Gasteiger partial charge < -0.3 is 29.0 Å². The molecule has 186 valence electrons. The monoisotopic (exact) mass is 480 g/mol. The van der Waals surface area contributed by atoms with Crippen molar-refractivity contribution in [3.05, 3.63) is 41.5 Å². The molecule has 1 aliphatic carbocycles. The number of rotatable bonds is 13. The van der Waals surface area contributed by atoms with Crippen LogP contribution in [-0.4, -0.2) is 58.4 Å². The zero-order chi connectivity index (χ0) is 24.7. The molecule has 1 fully saturated rings. The molecule has 3 rings (SSSR count). The van der Waals surface area contributed by atoms with E-state index in [1.807, 2.05) is 0 Å². The number of methoxy groups -OCH3 is 4.